The zero-order valence-corrected chi connectivity index (χ0v) is 26.1. The summed E-state index contributed by atoms with van der Waals surface area (Å²) in [6.45, 7) is 8.10. The molecule has 0 spiro atoms. The average molecular weight is 647 g/mol. The van der Waals surface area contributed by atoms with Crippen molar-refractivity contribution in [1.29, 1.82) is 0 Å². The van der Waals surface area contributed by atoms with E-state index >= 15 is 0 Å². The number of nitrogens with one attached hydrogen (secondary N) is 2. The van der Waals surface area contributed by atoms with E-state index in [0.717, 1.165) is 17.2 Å². The Kier molecular flexibility index (Phi) is 14.9. The van der Waals surface area contributed by atoms with Crippen LogP contribution in [0.1, 0.15) is 18.1 Å². The van der Waals surface area contributed by atoms with Crippen molar-refractivity contribution in [2.45, 2.75) is 32.2 Å². The predicted molar refractivity (Wildman–Crippen MR) is 171 cm³/mol. The van der Waals surface area contributed by atoms with E-state index in [0.29, 0.717) is 11.5 Å². The van der Waals surface area contributed by atoms with Gasteiger partial charge in [0.2, 0.25) is 0 Å². The lowest BCUT2D eigenvalue weighted by Crippen LogP contribution is -2.35. The van der Waals surface area contributed by atoms with Gasteiger partial charge in [-0.1, -0.05) is 73.8 Å². The van der Waals surface area contributed by atoms with Gasteiger partial charge < -0.3 is 39.1 Å². The summed E-state index contributed by atoms with van der Waals surface area (Å²) in [7, 11) is 0. The Labute approximate surface area is 273 Å². The highest BCUT2D eigenvalue weighted by Crippen LogP contribution is 2.12. The van der Waals surface area contributed by atoms with E-state index < -0.39 is 36.3 Å². The Morgan fingerprint density at radius 2 is 1.15 bits per heavy atom. The number of carbonyl (C=O) groups is 4. The molecule has 2 atom stereocenters. The molecule has 0 saturated heterocycles. The Hall–Kier alpha value is -5.78. The summed E-state index contributed by atoms with van der Waals surface area (Å²) >= 11 is 0. The fraction of sp³-hybridized carbons (Fsp3) is 0.257. The molecule has 0 aliphatic heterocycles. The second-order valence-corrected chi connectivity index (χ2v) is 10.0. The molecule has 0 aromatic heterocycles. The number of esters is 2. The van der Waals surface area contributed by atoms with Crippen molar-refractivity contribution < 1.29 is 47.6 Å². The lowest BCUT2D eigenvalue weighted by atomic mass is 10.1. The Morgan fingerprint density at radius 1 is 0.681 bits per heavy atom. The third kappa shape index (κ3) is 14.2. The molecule has 12 heteroatoms. The van der Waals surface area contributed by atoms with Crippen LogP contribution in [-0.4, -0.2) is 62.8 Å². The zero-order valence-electron chi connectivity index (χ0n) is 26.1. The number of para-hydroxylation sites is 2. The summed E-state index contributed by atoms with van der Waals surface area (Å²) in [6.07, 6.45) is -2.25. The van der Waals surface area contributed by atoms with Gasteiger partial charge >= 0.3 is 24.1 Å². The minimum absolute atomic E-state index is 0.0469. The number of hydrogen-bond acceptors (Lipinski definition) is 10. The largest absolute Gasteiger partial charge is 0.490 e. The molecular formula is C35H38N2O10. The molecule has 0 aliphatic carbocycles. The molecule has 47 heavy (non-hydrogen) atoms. The van der Waals surface area contributed by atoms with E-state index in [1.54, 1.807) is 72.8 Å². The van der Waals surface area contributed by atoms with E-state index in [9.17, 15) is 19.2 Å². The van der Waals surface area contributed by atoms with E-state index in [2.05, 4.69) is 23.8 Å². The molecule has 0 radical (unpaired) electrons. The molecule has 0 fully saturated rings. The maximum atomic E-state index is 12.6. The number of benzene rings is 3. The van der Waals surface area contributed by atoms with Crippen LogP contribution < -0.4 is 20.1 Å². The summed E-state index contributed by atoms with van der Waals surface area (Å²) < 4.78 is 32.4. The number of hydrogen-bond donors (Lipinski definition) is 2. The van der Waals surface area contributed by atoms with Crippen molar-refractivity contribution in [2.24, 2.45) is 0 Å². The van der Waals surface area contributed by atoms with Crippen molar-refractivity contribution >= 4 is 24.1 Å². The molecule has 248 valence electrons. The van der Waals surface area contributed by atoms with Crippen molar-refractivity contribution in [2.75, 3.05) is 26.4 Å². The molecule has 0 aliphatic rings. The SMILES string of the molecule is C=CC(=O)OCC(COc1ccccc1)OC(=O)NCc1cccc(CNC(=O)OC(COC(=O)C(=C)C)COc2ccccc2)c1. The molecule has 0 heterocycles. The van der Waals surface area contributed by atoms with Gasteiger partial charge in [0.1, 0.15) is 37.9 Å². The highest BCUT2D eigenvalue weighted by atomic mass is 16.6. The predicted octanol–water partition coefficient (Wildman–Crippen LogP) is 4.88. The summed E-state index contributed by atoms with van der Waals surface area (Å²) in [6, 6.07) is 25.0. The van der Waals surface area contributed by atoms with Crippen LogP contribution in [0.15, 0.2) is 110 Å². The second kappa shape index (κ2) is 19.6. The van der Waals surface area contributed by atoms with Crippen molar-refractivity contribution in [3.05, 3.63) is 121 Å². The standard InChI is InChI=1S/C35H38N2O10/c1-4-32(38)44-23-30(21-42-28-14-7-5-8-15-28)46-34(40)36-19-26-12-11-13-27(18-26)20-37-35(41)47-31(24-45-33(39)25(2)3)22-43-29-16-9-6-10-17-29/h4-18,30-31H,1-2,19-24H2,3H3,(H,36,40)(H,37,41). The van der Waals surface area contributed by atoms with Crippen LogP contribution in [0, 0.1) is 0 Å². The molecule has 0 saturated carbocycles. The Balaban J connectivity index is 1.49. The van der Waals surface area contributed by atoms with Crippen LogP contribution in [0.5, 0.6) is 11.5 Å². The van der Waals surface area contributed by atoms with Gasteiger partial charge in [0, 0.05) is 24.7 Å². The Morgan fingerprint density at radius 3 is 1.60 bits per heavy atom. The summed E-state index contributed by atoms with van der Waals surface area (Å²) in [5.74, 6) is -0.141. The first-order chi connectivity index (χ1) is 22.7. The van der Waals surface area contributed by atoms with Gasteiger partial charge in [-0.3, -0.25) is 0 Å². The van der Waals surface area contributed by atoms with Crippen LogP contribution in [0.3, 0.4) is 0 Å². The minimum atomic E-state index is -0.887. The molecule has 3 rings (SSSR count). The molecule has 3 aromatic rings. The topological polar surface area (TPSA) is 148 Å². The van der Waals surface area contributed by atoms with Crippen LogP contribution in [0.4, 0.5) is 9.59 Å². The Bertz CT molecular complexity index is 1480. The number of carbonyl (C=O) groups excluding carboxylic acids is 4. The van der Waals surface area contributed by atoms with E-state index in [-0.39, 0.29) is 45.1 Å². The van der Waals surface area contributed by atoms with Gasteiger partial charge in [0.05, 0.1) is 0 Å². The number of rotatable bonds is 18. The van der Waals surface area contributed by atoms with E-state index in [1.807, 2.05) is 12.1 Å². The van der Waals surface area contributed by atoms with Crippen molar-refractivity contribution in [3.63, 3.8) is 0 Å². The average Bonchev–Trinajstić information content (AvgIpc) is 3.09. The van der Waals surface area contributed by atoms with Gasteiger partial charge in [-0.2, -0.15) is 0 Å². The maximum absolute atomic E-state index is 12.6. The van der Waals surface area contributed by atoms with Crippen LogP contribution in [-0.2, 0) is 41.6 Å². The molecule has 0 bridgehead atoms. The summed E-state index contributed by atoms with van der Waals surface area (Å²) in [5, 5.41) is 5.32. The first kappa shape index (κ1) is 35.7. The van der Waals surface area contributed by atoms with Gasteiger partial charge in [-0.05, 0) is 42.3 Å². The maximum Gasteiger partial charge on any atom is 0.407 e. The lowest BCUT2D eigenvalue weighted by Gasteiger charge is -2.19. The molecule has 12 nitrogen and oxygen atoms in total. The van der Waals surface area contributed by atoms with E-state index in [1.165, 1.54) is 6.92 Å². The monoisotopic (exact) mass is 646 g/mol. The molecule has 3 aromatic carbocycles. The molecule has 2 unspecified atom stereocenters. The van der Waals surface area contributed by atoms with Crippen LogP contribution >= 0.6 is 0 Å². The van der Waals surface area contributed by atoms with Crippen LogP contribution in [0.25, 0.3) is 0 Å². The van der Waals surface area contributed by atoms with Gasteiger partial charge in [-0.15, -0.1) is 0 Å². The highest BCUT2D eigenvalue weighted by Gasteiger charge is 2.20. The first-order valence-electron chi connectivity index (χ1n) is 14.7. The number of alkyl carbamates (subject to hydrolysis) is 2. The third-order valence-corrected chi connectivity index (χ3v) is 6.10. The van der Waals surface area contributed by atoms with Gasteiger partial charge in [0.15, 0.2) is 12.2 Å². The molecule has 2 N–H and O–H groups in total. The summed E-state index contributed by atoms with van der Waals surface area (Å²) in [5.41, 5.74) is 1.67. The highest BCUT2D eigenvalue weighted by molar-refractivity contribution is 5.87. The smallest absolute Gasteiger partial charge is 0.407 e. The van der Waals surface area contributed by atoms with Crippen LogP contribution in [0.2, 0.25) is 0 Å². The van der Waals surface area contributed by atoms with Gasteiger partial charge in [-0.25, -0.2) is 19.2 Å². The summed E-state index contributed by atoms with van der Waals surface area (Å²) in [4.78, 5) is 48.6. The second-order valence-electron chi connectivity index (χ2n) is 10.0. The minimum Gasteiger partial charge on any atom is -0.490 e. The fourth-order valence-corrected chi connectivity index (χ4v) is 3.75. The molecule has 2 amide bonds. The zero-order chi connectivity index (χ0) is 33.9. The third-order valence-electron chi connectivity index (χ3n) is 6.10. The normalized spacial score (nSPS) is 11.5. The quantitative estimate of drug-likeness (QED) is 0.111. The van der Waals surface area contributed by atoms with E-state index in [4.69, 9.17) is 28.4 Å². The van der Waals surface area contributed by atoms with Crippen molar-refractivity contribution in [3.8, 4) is 11.5 Å². The fourth-order valence-electron chi connectivity index (χ4n) is 3.75. The molecular weight excluding hydrogens is 608 g/mol. The first-order valence-corrected chi connectivity index (χ1v) is 14.7. The van der Waals surface area contributed by atoms with Crippen molar-refractivity contribution in [1.82, 2.24) is 10.6 Å². The number of ether oxygens (including phenoxy) is 6. The van der Waals surface area contributed by atoms with Gasteiger partial charge in [0.25, 0.3) is 0 Å². The number of amides is 2. The lowest BCUT2D eigenvalue weighted by molar-refractivity contribution is -0.142.